The van der Waals surface area contributed by atoms with Crippen molar-refractivity contribution in [1.29, 1.82) is 0 Å². The van der Waals surface area contributed by atoms with Gasteiger partial charge in [0.15, 0.2) is 0 Å². The molecular formula is C45H35N. The zero-order chi connectivity index (χ0) is 31.1. The molecule has 1 N–H and O–H groups in total. The molecule has 0 unspecified atom stereocenters. The summed E-state index contributed by atoms with van der Waals surface area (Å²) in [4.78, 5) is 0. The van der Waals surface area contributed by atoms with Crippen LogP contribution in [0.2, 0.25) is 0 Å². The van der Waals surface area contributed by atoms with Crippen molar-refractivity contribution in [2.75, 3.05) is 5.32 Å². The fraction of sp³-hybridized carbons (Fsp3) is 0.0667. The van der Waals surface area contributed by atoms with E-state index in [0.29, 0.717) is 0 Å². The van der Waals surface area contributed by atoms with Crippen LogP contribution in [-0.2, 0) is 5.41 Å². The summed E-state index contributed by atoms with van der Waals surface area (Å²) in [6.45, 7) is 4.70. The molecule has 8 rings (SSSR count). The average Bonchev–Trinajstić information content (AvgIpc) is 3.34. The van der Waals surface area contributed by atoms with Gasteiger partial charge >= 0.3 is 0 Å². The molecule has 0 bridgehead atoms. The van der Waals surface area contributed by atoms with Crippen molar-refractivity contribution >= 4 is 11.4 Å². The molecule has 7 aromatic rings. The van der Waals surface area contributed by atoms with Crippen molar-refractivity contribution < 1.29 is 0 Å². The Balaban J connectivity index is 1.02. The number of rotatable bonds is 6. The van der Waals surface area contributed by atoms with E-state index in [0.717, 1.165) is 11.4 Å². The highest BCUT2D eigenvalue weighted by atomic mass is 14.9. The molecular weight excluding hydrogens is 555 g/mol. The topological polar surface area (TPSA) is 12.0 Å². The lowest BCUT2D eigenvalue weighted by Crippen LogP contribution is -2.15. The Kier molecular flexibility index (Phi) is 6.88. The molecule has 1 nitrogen and oxygen atoms in total. The molecule has 0 heterocycles. The van der Waals surface area contributed by atoms with Crippen molar-refractivity contribution in [3.63, 3.8) is 0 Å². The number of hydrogen-bond donors (Lipinski definition) is 1. The number of benzene rings is 7. The van der Waals surface area contributed by atoms with Crippen LogP contribution in [0.5, 0.6) is 0 Å². The van der Waals surface area contributed by atoms with E-state index in [4.69, 9.17) is 0 Å². The highest BCUT2D eigenvalue weighted by Crippen LogP contribution is 2.50. The van der Waals surface area contributed by atoms with Crippen LogP contribution in [-0.4, -0.2) is 0 Å². The van der Waals surface area contributed by atoms with Crippen LogP contribution < -0.4 is 5.32 Å². The second-order valence-corrected chi connectivity index (χ2v) is 12.7. The van der Waals surface area contributed by atoms with Gasteiger partial charge in [0.05, 0.1) is 0 Å². The molecule has 0 fully saturated rings. The van der Waals surface area contributed by atoms with Gasteiger partial charge in [-0.25, -0.2) is 0 Å². The van der Waals surface area contributed by atoms with Gasteiger partial charge in [0.2, 0.25) is 0 Å². The highest BCUT2D eigenvalue weighted by Gasteiger charge is 2.35. The molecule has 1 aliphatic carbocycles. The SMILES string of the molecule is CC1(C)c2cc(Nc3ccc(-c4cccc(-c5ccccc5)c4)cc3)ccc2-c2ccc(-c3ccc(-c4ccccc4)cc3)cc21. The smallest absolute Gasteiger partial charge is 0.0387 e. The molecule has 46 heavy (non-hydrogen) atoms. The Bertz CT molecular complexity index is 2160. The molecule has 7 aromatic carbocycles. The van der Waals surface area contributed by atoms with Gasteiger partial charge in [0.1, 0.15) is 0 Å². The van der Waals surface area contributed by atoms with Gasteiger partial charge in [0.25, 0.3) is 0 Å². The average molecular weight is 590 g/mol. The molecule has 1 heteroatoms. The quantitative estimate of drug-likeness (QED) is 0.203. The van der Waals surface area contributed by atoms with Gasteiger partial charge in [-0.3, -0.25) is 0 Å². The summed E-state index contributed by atoms with van der Waals surface area (Å²) >= 11 is 0. The second kappa shape index (κ2) is 11.4. The maximum absolute atomic E-state index is 3.67. The van der Waals surface area contributed by atoms with Crippen LogP contribution in [0.25, 0.3) is 55.6 Å². The van der Waals surface area contributed by atoms with Gasteiger partial charge in [-0.1, -0.05) is 147 Å². The van der Waals surface area contributed by atoms with Crippen molar-refractivity contribution in [2.45, 2.75) is 19.3 Å². The van der Waals surface area contributed by atoms with Crippen LogP contribution in [0.4, 0.5) is 11.4 Å². The largest absolute Gasteiger partial charge is 0.356 e. The monoisotopic (exact) mass is 589 g/mol. The highest BCUT2D eigenvalue weighted by molar-refractivity contribution is 5.86. The summed E-state index contributed by atoms with van der Waals surface area (Å²) in [6, 6.07) is 61.4. The van der Waals surface area contributed by atoms with Gasteiger partial charge in [-0.15, -0.1) is 0 Å². The number of nitrogens with one attached hydrogen (secondary N) is 1. The van der Waals surface area contributed by atoms with Gasteiger partial charge < -0.3 is 5.32 Å². The normalized spacial score (nSPS) is 12.7. The maximum atomic E-state index is 3.67. The first-order valence-electron chi connectivity index (χ1n) is 16.0. The molecule has 1 aliphatic rings. The number of hydrogen-bond acceptors (Lipinski definition) is 1. The summed E-state index contributed by atoms with van der Waals surface area (Å²) in [5.74, 6) is 0. The summed E-state index contributed by atoms with van der Waals surface area (Å²) in [5.41, 5.74) is 17.4. The molecule has 0 radical (unpaired) electrons. The van der Waals surface area contributed by atoms with E-state index in [1.54, 1.807) is 0 Å². The predicted molar refractivity (Wildman–Crippen MR) is 195 cm³/mol. The first-order valence-corrected chi connectivity index (χ1v) is 16.0. The fourth-order valence-electron chi connectivity index (χ4n) is 6.90. The van der Waals surface area contributed by atoms with E-state index in [1.165, 1.54) is 66.8 Å². The van der Waals surface area contributed by atoms with Gasteiger partial charge in [-0.2, -0.15) is 0 Å². The zero-order valence-corrected chi connectivity index (χ0v) is 26.2. The molecule has 0 saturated heterocycles. The Morgan fingerprint density at radius 2 is 0.717 bits per heavy atom. The van der Waals surface area contributed by atoms with E-state index in [9.17, 15) is 0 Å². The summed E-state index contributed by atoms with van der Waals surface area (Å²) in [6.07, 6.45) is 0. The molecule has 0 saturated carbocycles. The molecule has 0 aliphatic heterocycles. The standard InChI is InChI=1S/C45H35N/c1-45(2)43-29-38(34-18-16-33(17-19-34)31-10-5-3-6-11-31)22-26-41(43)42-27-25-40(30-44(42)45)46-39-23-20-35(21-24-39)37-15-9-14-36(28-37)32-12-7-4-8-13-32/h3-30,46H,1-2H3. The van der Waals surface area contributed by atoms with E-state index in [-0.39, 0.29) is 5.41 Å². The summed E-state index contributed by atoms with van der Waals surface area (Å²) < 4.78 is 0. The zero-order valence-electron chi connectivity index (χ0n) is 26.2. The third kappa shape index (κ3) is 5.10. The van der Waals surface area contributed by atoms with Crippen LogP contribution in [0, 0.1) is 0 Å². The van der Waals surface area contributed by atoms with E-state index < -0.39 is 0 Å². The van der Waals surface area contributed by atoms with Gasteiger partial charge in [0, 0.05) is 16.8 Å². The summed E-state index contributed by atoms with van der Waals surface area (Å²) in [5, 5.41) is 3.67. The number of fused-ring (bicyclic) bond motifs is 3. The third-order valence-electron chi connectivity index (χ3n) is 9.48. The Morgan fingerprint density at radius 3 is 1.33 bits per heavy atom. The van der Waals surface area contributed by atoms with Crippen LogP contribution >= 0.6 is 0 Å². The van der Waals surface area contributed by atoms with Crippen molar-refractivity contribution in [2.24, 2.45) is 0 Å². The van der Waals surface area contributed by atoms with Crippen LogP contribution in [0.15, 0.2) is 170 Å². The molecule has 0 atom stereocenters. The fourth-order valence-corrected chi connectivity index (χ4v) is 6.90. The molecule has 0 aromatic heterocycles. The minimum atomic E-state index is -0.101. The Hall–Kier alpha value is -5.66. The molecule has 220 valence electrons. The lowest BCUT2D eigenvalue weighted by atomic mass is 9.81. The Morgan fingerprint density at radius 1 is 0.326 bits per heavy atom. The van der Waals surface area contributed by atoms with Crippen molar-refractivity contribution in [3.8, 4) is 55.6 Å². The van der Waals surface area contributed by atoms with Crippen molar-refractivity contribution in [3.05, 3.63) is 181 Å². The van der Waals surface area contributed by atoms with E-state index >= 15 is 0 Å². The van der Waals surface area contributed by atoms with E-state index in [2.05, 4.69) is 189 Å². The van der Waals surface area contributed by atoms with Crippen LogP contribution in [0.3, 0.4) is 0 Å². The Labute approximate surface area is 271 Å². The first kappa shape index (κ1) is 27.9. The molecule has 0 spiro atoms. The minimum Gasteiger partial charge on any atom is -0.356 e. The van der Waals surface area contributed by atoms with Crippen molar-refractivity contribution in [1.82, 2.24) is 0 Å². The summed E-state index contributed by atoms with van der Waals surface area (Å²) in [7, 11) is 0. The van der Waals surface area contributed by atoms with Crippen LogP contribution in [0.1, 0.15) is 25.0 Å². The maximum Gasteiger partial charge on any atom is 0.0387 e. The first-order chi connectivity index (χ1) is 22.5. The van der Waals surface area contributed by atoms with E-state index in [1.807, 2.05) is 0 Å². The third-order valence-corrected chi connectivity index (χ3v) is 9.48. The molecule has 0 amide bonds. The number of anilines is 2. The minimum absolute atomic E-state index is 0.101. The second-order valence-electron chi connectivity index (χ2n) is 12.7. The lowest BCUT2D eigenvalue weighted by Gasteiger charge is -2.23. The van der Waals surface area contributed by atoms with Gasteiger partial charge in [-0.05, 0) is 103 Å². The lowest BCUT2D eigenvalue weighted by molar-refractivity contribution is 0.661. The predicted octanol–water partition coefficient (Wildman–Crippen LogP) is 12.4.